The molecule has 1 fully saturated rings. The summed E-state index contributed by atoms with van der Waals surface area (Å²) in [5, 5.41) is 9.02. The number of aliphatic hydroxyl groups excluding tert-OH is 1. The number of anilines is 1. The zero-order valence-corrected chi connectivity index (χ0v) is 9.19. The average molecular weight is 224 g/mol. The lowest BCUT2D eigenvalue weighted by molar-refractivity contribution is 0.219. The maximum atomic E-state index is 13.5. The molecule has 1 aliphatic heterocycles. The summed E-state index contributed by atoms with van der Waals surface area (Å²) in [6.07, 6.45) is 0.993. The van der Waals surface area contributed by atoms with Gasteiger partial charge in [0.05, 0.1) is 0 Å². The van der Waals surface area contributed by atoms with Gasteiger partial charge in [-0.1, -0.05) is 6.07 Å². The van der Waals surface area contributed by atoms with Gasteiger partial charge < -0.3 is 10.8 Å². The highest BCUT2D eigenvalue weighted by atomic mass is 19.1. The second kappa shape index (κ2) is 4.80. The number of hydrogen-bond acceptors (Lipinski definition) is 3. The molecule has 1 saturated heterocycles. The lowest BCUT2D eigenvalue weighted by Gasteiger charge is -2.16. The Morgan fingerprint density at radius 3 is 2.94 bits per heavy atom. The first kappa shape index (κ1) is 11.4. The van der Waals surface area contributed by atoms with E-state index in [2.05, 4.69) is 4.90 Å². The van der Waals surface area contributed by atoms with Gasteiger partial charge in [-0.15, -0.1) is 0 Å². The van der Waals surface area contributed by atoms with Gasteiger partial charge in [0.2, 0.25) is 0 Å². The molecule has 3 N–H and O–H groups in total. The standard InChI is InChI=1S/C12H17FN2O/c13-12-5-11(14)2-1-10(12)7-15-4-3-9(6-15)8-16/h1-2,5,9,16H,3-4,6-8,14H2. The minimum absolute atomic E-state index is 0.223. The first-order chi connectivity index (χ1) is 7.69. The fourth-order valence-corrected chi connectivity index (χ4v) is 2.14. The molecule has 0 bridgehead atoms. The fourth-order valence-electron chi connectivity index (χ4n) is 2.14. The Hall–Kier alpha value is -1.13. The van der Waals surface area contributed by atoms with Gasteiger partial charge in [-0.3, -0.25) is 4.90 Å². The molecule has 1 aromatic carbocycles. The number of benzene rings is 1. The van der Waals surface area contributed by atoms with Gasteiger partial charge in [0.25, 0.3) is 0 Å². The van der Waals surface area contributed by atoms with E-state index < -0.39 is 0 Å². The maximum Gasteiger partial charge on any atom is 0.129 e. The van der Waals surface area contributed by atoms with Crippen LogP contribution >= 0.6 is 0 Å². The van der Waals surface area contributed by atoms with E-state index in [0.29, 0.717) is 23.7 Å². The van der Waals surface area contributed by atoms with Crippen LogP contribution in [0, 0.1) is 11.7 Å². The summed E-state index contributed by atoms with van der Waals surface area (Å²) in [5.74, 6) is 0.101. The first-order valence-electron chi connectivity index (χ1n) is 5.56. The predicted molar refractivity (Wildman–Crippen MR) is 61.3 cm³/mol. The number of halogens is 1. The van der Waals surface area contributed by atoms with Crippen molar-refractivity contribution in [3.05, 3.63) is 29.6 Å². The average Bonchev–Trinajstić information content (AvgIpc) is 2.70. The molecule has 88 valence electrons. The van der Waals surface area contributed by atoms with Crippen LogP contribution in [0.3, 0.4) is 0 Å². The molecule has 1 atom stereocenters. The Morgan fingerprint density at radius 2 is 2.31 bits per heavy atom. The third-order valence-corrected chi connectivity index (χ3v) is 3.10. The predicted octanol–water partition coefficient (Wildman–Crippen LogP) is 1.22. The zero-order valence-electron chi connectivity index (χ0n) is 9.19. The van der Waals surface area contributed by atoms with Gasteiger partial charge in [0.15, 0.2) is 0 Å². The van der Waals surface area contributed by atoms with E-state index in [1.165, 1.54) is 6.07 Å². The van der Waals surface area contributed by atoms with Crippen molar-refractivity contribution < 1.29 is 9.50 Å². The third-order valence-electron chi connectivity index (χ3n) is 3.10. The number of rotatable bonds is 3. The summed E-state index contributed by atoms with van der Waals surface area (Å²) in [7, 11) is 0. The minimum Gasteiger partial charge on any atom is -0.399 e. The zero-order chi connectivity index (χ0) is 11.5. The monoisotopic (exact) mass is 224 g/mol. The van der Waals surface area contributed by atoms with Crippen molar-refractivity contribution in [2.24, 2.45) is 5.92 Å². The second-order valence-electron chi connectivity index (χ2n) is 4.42. The van der Waals surface area contributed by atoms with E-state index >= 15 is 0 Å². The molecule has 0 aliphatic carbocycles. The SMILES string of the molecule is Nc1ccc(CN2CCC(CO)C2)c(F)c1. The Kier molecular flexibility index (Phi) is 3.41. The lowest BCUT2D eigenvalue weighted by atomic mass is 10.1. The quantitative estimate of drug-likeness (QED) is 0.759. The summed E-state index contributed by atoms with van der Waals surface area (Å²) in [6.45, 7) is 2.60. The molecule has 0 spiro atoms. The molecule has 0 saturated carbocycles. The molecule has 1 heterocycles. The summed E-state index contributed by atoms with van der Waals surface area (Å²) >= 11 is 0. The Balaban J connectivity index is 1.99. The van der Waals surface area contributed by atoms with E-state index in [-0.39, 0.29) is 12.4 Å². The van der Waals surface area contributed by atoms with Gasteiger partial charge in [0, 0.05) is 30.9 Å². The van der Waals surface area contributed by atoms with Crippen LogP contribution in [0.5, 0.6) is 0 Å². The molecule has 16 heavy (non-hydrogen) atoms. The third kappa shape index (κ3) is 2.51. The van der Waals surface area contributed by atoms with Crippen molar-refractivity contribution in [2.75, 3.05) is 25.4 Å². The van der Waals surface area contributed by atoms with Gasteiger partial charge in [-0.05, 0) is 31.0 Å². The van der Waals surface area contributed by atoms with Crippen LogP contribution < -0.4 is 5.73 Å². The number of aliphatic hydroxyl groups is 1. The molecule has 0 aromatic heterocycles. The molecule has 2 rings (SSSR count). The number of nitrogens with two attached hydrogens (primary N) is 1. The summed E-state index contributed by atoms with van der Waals surface area (Å²) in [6, 6.07) is 4.81. The van der Waals surface area contributed by atoms with Crippen LogP contribution in [-0.4, -0.2) is 29.7 Å². The highest BCUT2D eigenvalue weighted by molar-refractivity contribution is 5.40. The number of nitrogens with zero attached hydrogens (tertiary/aromatic N) is 1. The van der Waals surface area contributed by atoms with Gasteiger partial charge in [-0.2, -0.15) is 0 Å². The Labute approximate surface area is 94.7 Å². The molecule has 3 nitrogen and oxygen atoms in total. The van der Waals surface area contributed by atoms with Crippen LogP contribution in [0.25, 0.3) is 0 Å². The molecule has 1 aliphatic rings. The van der Waals surface area contributed by atoms with E-state index in [1.807, 2.05) is 0 Å². The van der Waals surface area contributed by atoms with E-state index in [9.17, 15) is 4.39 Å². The van der Waals surface area contributed by atoms with Crippen molar-refractivity contribution in [1.29, 1.82) is 0 Å². The Morgan fingerprint density at radius 1 is 1.50 bits per heavy atom. The smallest absolute Gasteiger partial charge is 0.129 e. The van der Waals surface area contributed by atoms with Crippen LogP contribution in [0.2, 0.25) is 0 Å². The fraction of sp³-hybridized carbons (Fsp3) is 0.500. The van der Waals surface area contributed by atoms with Gasteiger partial charge >= 0.3 is 0 Å². The largest absolute Gasteiger partial charge is 0.399 e. The van der Waals surface area contributed by atoms with E-state index in [4.69, 9.17) is 10.8 Å². The summed E-state index contributed by atoms with van der Waals surface area (Å²) in [5.41, 5.74) is 6.62. The van der Waals surface area contributed by atoms with Crippen LogP contribution in [0.15, 0.2) is 18.2 Å². The number of nitrogen functional groups attached to an aromatic ring is 1. The minimum atomic E-state index is -0.243. The molecule has 0 radical (unpaired) electrons. The van der Waals surface area contributed by atoms with Crippen molar-refractivity contribution in [3.63, 3.8) is 0 Å². The van der Waals surface area contributed by atoms with Crippen LogP contribution in [0.1, 0.15) is 12.0 Å². The highest BCUT2D eigenvalue weighted by Crippen LogP contribution is 2.20. The number of hydrogen-bond donors (Lipinski definition) is 2. The number of likely N-dealkylation sites (tertiary alicyclic amines) is 1. The first-order valence-corrected chi connectivity index (χ1v) is 5.56. The summed E-state index contributed by atoms with van der Waals surface area (Å²) < 4.78 is 13.5. The van der Waals surface area contributed by atoms with Gasteiger partial charge in [-0.25, -0.2) is 4.39 Å². The van der Waals surface area contributed by atoms with Crippen LogP contribution in [0.4, 0.5) is 10.1 Å². The molecule has 1 unspecified atom stereocenters. The molecular weight excluding hydrogens is 207 g/mol. The van der Waals surface area contributed by atoms with E-state index in [0.717, 1.165) is 19.5 Å². The Bertz CT molecular complexity index is 370. The second-order valence-corrected chi connectivity index (χ2v) is 4.42. The van der Waals surface area contributed by atoms with Crippen molar-refractivity contribution in [2.45, 2.75) is 13.0 Å². The van der Waals surface area contributed by atoms with Crippen molar-refractivity contribution >= 4 is 5.69 Å². The molecule has 1 aromatic rings. The topological polar surface area (TPSA) is 49.5 Å². The van der Waals surface area contributed by atoms with Gasteiger partial charge in [0.1, 0.15) is 5.82 Å². The molecule has 4 heteroatoms. The molecular formula is C12H17FN2O. The normalized spacial score (nSPS) is 21.5. The summed E-state index contributed by atoms with van der Waals surface area (Å²) in [4.78, 5) is 2.16. The molecule has 0 amide bonds. The highest BCUT2D eigenvalue weighted by Gasteiger charge is 2.22. The lowest BCUT2D eigenvalue weighted by Crippen LogP contribution is -2.21. The van der Waals surface area contributed by atoms with Crippen molar-refractivity contribution in [3.8, 4) is 0 Å². The maximum absolute atomic E-state index is 13.5. The van der Waals surface area contributed by atoms with E-state index in [1.54, 1.807) is 12.1 Å². The van der Waals surface area contributed by atoms with Crippen LogP contribution in [-0.2, 0) is 6.54 Å². The van der Waals surface area contributed by atoms with Crippen molar-refractivity contribution in [1.82, 2.24) is 4.90 Å².